The molecule has 0 bridgehead atoms. The number of nitrogens with zero attached hydrogens (tertiary/aromatic N) is 2. The lowest BCUT2D eigenvalue weighted by atomic mass is 10.2. The van der Waals surface area contributed by atoms with E-state index in [1.807, 2.05) is 0 Å². The number of hydroxylamine groups is 4. The van der Waals surface area contributed by atoms with Gasteiger partial charge in [-0.1, -0.05) is 41.5 Å². The van der Waals surface area contributed by atoms with Crippen LogP contribution in [0.4, 0.5) is 4.79 Å². The second-order valence-electron chi connectivity index (χ2n) is 5.31. The van der Waals surface area contributed by atoms with Crippen molar-refractivity contribution < 1.29 is 28.9 Å². The van der Waals surface area contributed by atoms with Crippen molar-refractivity contribution in [2.45, 2.75) is 6.42 Å². The molecule has 0 spiro atoms. The van der Waals surface area contributed by atoms with Gasteiger partial charge in [-0.2, -0.15) is 0 Å². The van der Waals surface area contributed by atoms with Crippen LogP contribution < -0.4 is 0 Å². The van der Waals surface area contributed by atoms with Crippen LogP contribution >= 0.6 is 0 Å². The van der Waals surface area contributed by atoms with Gasteiger partial charge in [0, 0.05) is 0 Å². The molecule has 1 heterocycles. The minimum absolute atomic E-state index is 0.129. The van der Waals surface area contributed by atoms with Crippen molar-refractivity contribution in [1.82, 2.24) is 10.1 Å². The van der Waals surface area contributed by atoms with Crippen LogP contribution in [0.1, 0.15) is 27.1 Å². The molecule has 0 aliphatic carbocycles. The maximum atomic E-state index is 12.3. The summed E-state index contributed by atoms with van der Waals surface area (Å²) in [7, 11) is 0. The molecule has 0 unspecified atom stereocenters. The monoisotopic (exact) mass is 354 g/mol. The van der Waals surface area contributed by atoms with E-state index >= 15 is 0 Å². The minimum atomic E-state index is -1.05. The van der Waals surface area contributed by atoms with Crippen LogP contribution in [0.15, 0.2) is 60.7 Å². The van der Waals surface area contributed by atoms with E-state index in [1.54, 1.807) is 36.4 Å². The van der Waals surface area contributed by atoms with Crippen molar-refractivity contribution in [3.05, 3.63) is 71.8 Å². The molecule has 132 valence electrons. The Kier molecular flexibility index (Phi) is 4.93. The Labute approximate surface area is 148 Å². The Hall–Kier alpha value is -3.68. The third-order valence-electron chi connectivity index (χ3n) is 3.53. The third-order valence-corrected chi connectivity index (χ3v) is 3.53. The SMILES string of the molecule is O=C(ON1CCC(=O)N(OC(=O)c2ccccc2)C1=O)c1ccccc1. The fourth-order valence-electron chi connectivity index (χ4n) is 2.21. The number of urea groups is 1. The number of benzene rings is 2. The molecule has 0 N–H and O–H groups in total. The highest BCUT2D eigenvalue weighted by molar-refractivity contribution is 5.99. The normalized spacial score (nSPS) is 14.2. The standard InChI is InChI=1S/C18H14N2O6/c21-15-11-12-19(25-16(22)13-7-3-1-4-8-13)18(24)20(15)26-17(23)14-9-5-2-6-10-14/h1-10H,11-12H2. The number of carbonyl (C=O) groups excluding carboxylic acids is 4. The van der Waals surface area contributed by atoms with Crippen molar-refractivity contribution in [3.8, 4) is 0 Å². The summed E-state index contributed by atoms with van der Waals surface area (Å²) in [6, 6.07) is 14.9. The zero-order chi connectivity index (χ0) is 18.5. The molecule has 2 aromatic carbocycles. The zero-order valence-corrected chi connectivity index (χ0v) is 13.5. The van der Waals surface area contributed by atoms with Gasteiger partial charge in [-0.3, -0.25) is 4.79 Å². The largest absolute Gasteiger partial charge is 0.394 e. The summed E-state index contributed by atoms with van der Waals surface area (Å²) in [5.41, 5.74) is 0.413. The van der Waals surface area contributed by atoms with Crippen LogP contribution in [-0.2, 0) is 14.5 Å². The molecule has 8 heteroatoms. The van der Waals surface area contributed by atoms with Gasteiger partial charge in [-0.25, -0.2) is 14.4 Å². The van der Waals surface area contributed by atoms with Crippen molar-refractivity contribution >= 4 is 23.9 Å². The van der Waals surface area contributed by atoms with Gasteiger partial charge in [0.15, 0.2) is 0 Å². The van der Waals surface area contributed by atoms with Crippen LogP contribution in [0.5, 0.6) is 0 Å². The molecule has 0 aromatic heterocycles. The Morgan fingerprint density at radius 3 is 1.81 bits per heavy atom. The highest BCUT2D eigenvalue weighted by atomic mass is 16.8. The summed E-state index contributed by atoms with van der Waals surface area (Å²) < 4.78 is 0. The second kappa shape index (κ2) is 7.47. The van der Waals surface area contributed by atoms with Crippen LogP contribution in [0, 0.1) is 0 Å². The molecule has 0 radical (unpaired) electrons. The Morgan fingerprint density at radius 1 is 0.769 bits per heavy atom. The van der Waals surface area contributed by atoms with Gasteiger partial charge in [-0.05, 0) is 24.3 Å². The number of hydrogen-bond donors (Lipinski definition) is 0. The zero-order valence-electron chi connectivity index (χ0n) is 13.5. The number of imide groups is 1. The topological polar surface area (TPSA) is 93.2 Å². The first-order valence-corrected chi connectivity index (χ1v) is 7.75. The lowest BCUT2D eigenvalue weighted by molar-refractivity contribution is -0.177. The van der Waals surface area contributed by atoms with Gasteiger partial charge in [0.25, 0.3) is 5.91 Å². The second-order valence-corrected chi connectivity index (χ2v) is 5.31. The third kappa shape index (κ3) is 3.69. The Morgan fingerprint density at radius 2 is 1.27 bits per heavy atom. The van der Waals surface area contributed by atoms with E-state index in [1.165, 1.54) is 24.3 Å². The molecule has 3 amide bonds. The van der Waals surface area contributed by atoms with Crippen LogP contribution in [0.2, 0.25) is 0 Å². The first-order valence-electron chi connectivity index (χ1n) is 7.75. The van der Waals surface area contributed by atoms with Crippen molar-refractivity contribution in [3.63, 3.8) is 0 Å². The molecule has 1 aliphatic heterocycles. The first-order chi connectivity index (χ1) is 12.6. The highest BCUT2D eigenvalue weighted by Crippen LogP contribution is 2.15. The number of hydrogen-bond acceptors (Lipinski definition) is 6. The van der Waals surface area contributed by atoms with Crippen LogP contribution in [-0.4, -0.2) is 40.5 Å². The fourth-order valence-corrected chi connectivity index (χ4v) is 2.21. The van der Waals surface area contributed by atoms with Gasteiger partial charge in [0.1, 0.15) is 0 Å². The van der Waals surface area contributed by atoms with E-state index < -0.39 is 23.9 Å². The summed E-state index contributed by atoms with van der Waals surface area (Å²) in [4.78, 5) is 58.3. The molecule has 2 aromatic rings. The lowest BCUT2D eigenvalue weighted by Gasteiger charge is -2.30. The molecule has 1 aliphatic rings. The quantitative estimate of drug-likeness (QED) is 0.835. The van der Waals surface area contributed by atoms with Gasteiger partial charge in [-0.15, -0.1) is 5.06 Å². The Bertz CT molecular complexity index is 837. The first kappa shape index (κ1) is 17.2. The maximum absolute atomic E-state index is 12.3. The highest BCUT2D eigenvalue weighted by Gasteiger charge is 2.38. The molecular formula is C18H14N2O6. The van der Waals surface area contributed by atoms with Gasteiger partial charge >= 0.3 is 18.0 Å². The van der Waals surface area contributed by atoms with Crippen molar-refractivity contribution in [2.24, 2.45) is 0 Å². The molecule has 0 saturated carbocycles. The molecule has 26 heavy (non-hydrogen) atoms. The van der Waals surface area contributed by atoms with E-state index in [0.717, 1.165) is 0 Å². The summed E-state index contributed by atoms with van der Waals surface area (Å²) in [5.74, 6) is -2.34. The predicted octanol–water partition coefficient (Wildman–Crippen LogP) is 2.18. The average molecular weight is 354 g/mol. The smallest absolute Gasteiger partial charge is 0.331 e. The van der Waals surface area contributed by atoms with E-state index in [4.69, 9.17) is 9.68 Å². The minimum Gasteiger partial charge on any atom is -0.331 e. The number of amides is 3. The van der Waals surface area contributed by atoms with Crippen LogP contribution in [0.25, 0.3) is 0 Å². The van der Waals surface area contributed by atoms with Crippen molar-refractivity contribution in [2.75, 3.05) is 6.54 Å². The van der Waals surface area contributed by atoms with Crippen molar-refractivity contribution in [1.29, 1.82) is 0 Å². The lowest BCUT2D eigenvalue weighted by Crippen LogP contribution is -2.53. The van der Waals surface area contributed by atoms with E-state index in [-0.39, 0.29) is 24.1 Å². The van der Waals surface area contributed by atoms with Gasteiger partial charge in [0.2, 0.25) is 0 Å². The molecule has 8 nitrogen and oxygen atoms in total. The van der Waals surface area contributed by atoms with Gasteiger partial charge < -0.3 is 9.68 Å². The van der Waals surface area contributed by atoms with E-state index in [0.29, 0.717) is 10.1 Å². The predicted molar refractivity (Wildman–Crippen MR) is 87.3 cm³/mol. The number of carbonyl (C=O) groups is 4. The number of rotatable bonds is 4. The van der Waals surface area contributed by atoms with Gasteiger partial charge in [0.05, 0.1) is 24.1 Å². The average Bonchev–Trinajstić information content (AvgIpc) is 2.68. The molecular weight excluding hydrogens is 340 g/mol. The van der Waals surface area contributed by atoms with E-state index in [2.05, 4.69) is 0 Å². The summed E-state index contributed by atoms with van der Waals surface area (Å²) in [6.07, 6.45) is -0.157. The summed E-state index contributed by atoms with van der Waals surface area (Å²) in [6.45, 7) is -0.129. The molecule has 1 fully saturated rings. The van der Waals surface area contributed by atoms with E-state index in [9.17, 15) is 19.2 Å². The fraction of sp³-hybridized carbons (Fsp3) is 0.111. The summed E-state index contributed by atoms with van der Waals surface area (Å²) in [5, 5.41) is 0.992. The Balaban J connectivity index is 1.69. The molecule has 0 atom stereocenters. The maximum Gasteiger partial charge on any atom is 0.394 e. The summed E-state index contributed by atoms with van der Waals surface area (Å²) >= 11 is 0. The molecule has 3 rings (SSSR count). The van der Waals surface area contributed by atoms with Crippen LogP contribution in [0.3, 0.4) is 0 Å². The molecule has 1 saturated heterocycles.